The van der Waals surface area contributed by atoms with Crippen LogP contribution in [0.2, 0.25) is 0 Å². The number of rotatable bonds is 3. The molecule has 3 rings (SSSR count). The van der Waals surface area contributed by atoms with E-state index in [0.717, 1.165) is 12.8 Å². The van der Waals surface area contributed by atoms with Gasteiger partial charge in [0, 0.05) is 0 Å². The molecule has 2 aliphatic rings. The summed E-state index contributed by atoms with van der Waals surface area (Å²) >= 11 is 0. The van der Waals surface area contributed by atoms with Crippen molar-refractivity contribution in [3.8, 4) is 0 Å². The van der Waals surface area contributed by atoms with E-state index in [0.29, 0.717) is 25.0 Å². The quantitative estimate of drug-likeness (QED) is 0.422. The van der Waals surface area contributed by atoms with Crippen LogP contribution in [-0.4, -0.2) is 11.6 Å². The van der Waals surface area contributed by atoms with E-state index in [1.165, 1.54) is 0 Å². The Morgan fingerprint density at radius 2 is 1.64 bits per heavy atom. The highest BCUT2D eigenvalue weighted by atomic mass is 19.3. The van der Waals surface area contributed by atoms with Gasteiger partial charge in [-0.1, -0.05) is 19.8 Å². The first kappa shape index (κ1) is 18.6. The van der Waals surface area contributed by atoms with Crippen molar-refractivity contribution >= 4 is 0 Å². The number of hydrogen-bond acceptors (Lipinski definition) is 0. The molecule has 0 heterocycles. The molecule has 4 atom stereocenters. The van der Waals surface area contributed by atoms with Crippen LogP contribution in [0.15, 0.2) is 12.1 Å². The van der Waals surface area contributed by atoms with E-state index in [-0.39, 0.29) is 24.3 Å². The van der Waals surface area contributed by atoms with Crippen LogP contribution >= 0.6 is 0 Å². The van der Waals surface area contributed by atoms with Gasteiger partial charge in [-0.25, -0.2) is 26.3 Å². The minimum atomic E-state index is -3.41. The summed E-state index contributed by atoms with van der Waals surface area (Å²) < 4.78 is 85.3. The first-order valence-electron chi connectivity index (χ1n) is 8.90. The number of benzene rings is 1. The van der Waals surface area contributed by atoms with Crippen LogP contribution in [0.25, 0.3) is 0 Å². The van der Waals surface area contributed by atoms with Gasteiger partial charge in [-0.15, -0.1) is 0 Å². The van der Waals surface area contributed by atoms with Gasteiger partial charge in [-0.05, 0) is 55.7 Å². The normalized spacial score (nSPS) is 34.6. The molecule has 0 amide bonds. The lowest BCUT2D eigenvalue weighted by molar-refractivity contribution is -0.0830. The molecule has 140 valence electrons. The van der Waals surface area contributed by atoms with E-state index in [1.807, 2.05) is 6.92 Å². The summed E-state index contributed by atoms with van der Waals surface area (Å²) in [4.78, 5) is 0. The van der Waals surface area contributed by atoms with Crippen molar-refractivity contribution < 1.29 is 26.3 Å². The maximum atomic E-state index is 15.4. The topological polar surface area (TPSA) is 0 Å². The molecule has 6 heteroatoms. The van der Waals surface area contributed by atoms with Crippen molar-refractivity contribution in [1.82, 2.24) is 0 Å². The number of hydrogen-bond donors (Lipinski definition) is 0. The van der Waals surface area contributed by atoms with E-state index in [2.05, 4.69) is 0 Å². The van der Waals surface area contributed by atoms with Crippen LogP contribution in [0.4, 0.5) is 26.3 Å². The summed E-state index contributed by atoms with van der Waals surface area (Å²) in [6, 6.07) is 1.15. The lowest BCUT2D eigenvalue weighted by Gasteiger charge is -2.28. The molecule has 0 nitrogen and oxygen atoms in total. The Kier molecular flexibility index (Phi) is 4.84. The summed E-state index contributed by atoms with van der Waals surface area (Å²) in [5.74, 6) is -11.0. The van der Waals surface area contributed by atoms with E-state index in [1.54, 1.807) is 0 Å². The minimum Gasteiger partial charge on any atom is -0.243 e. The van der Waals surface area contributed by atoms with Gasteiger partial charge in [0.25, 0.3) is 5.92 Å². The zero-order valence-corrected chi connectivity index (χ0v) is 14.1. The monoisotopic (exact) mass is 364 g/mol. The molecule has 0 bridgehead atoms. The molecule has 1 aromatic rings. The predicted octanol–water partition coefficient (Wildman–Crippen LogP) is 6.54. The van der Waals surface area contributed by atoms with E-state index in [9.17, 15) is 22.0 Å². The second kappa shape index (κ2) is 6.51. The molecule has 0 aliphatic heterocycles. The number of alkyl halides is 3. The first-order chi connectivity index (χ1) is 11.7. The third-order valence-electron chi connectivity index (χ3n) is 6.03. The minimum absolute atomic E-state index is 0.0422. The Labute approximate surface area is 143 Å². The van der Waals surface area contributed by atoms with Gasteiger partial charge in [0.15, 0.2) is 17.5 Å². The zero-order chi connectivity index (χ0) is 18.4. The molecule has 0 radical (unpaired) electrons. The molecule has 0 N–H and O–H groups in total. The fourth-order valence-electron chi connectivity index (χ4n) is 4.74. The van der Waals surface area contributed by atoms with E-state index >= 15 is 4.39 Å². The Morgan fingerprint density at radius 3 is 2.24 bits per heavy atom. The van der Waals surface area contributed by atoms with Gasteiger partial charge >= 0.3 is 0 Å². The molecule has 0 aromatic heterocycles. The standard InChI is InChI=1S/C19H22F6/c1-2-3-11-4-5-16-18(23,7-6-11)10-13(19(16,24)25)12-8-14(20)17(22)15(21)9-12/h8-9,11,13,16H,2-7,10H2,1H3. The average molecular weight is 364 g/mol. The van der Waals surface area contributed by atoms with Crippen molar-refractivity contribution in [3.63, 3.8) is 0 Å². The third-order valence-corrected chi connectivity index (χ3v) is 6.03. The van der Waals surface area contributed by atoms with Gasteiger partial charge in [0.1, 0.15) is 5.67 Å². The SMILES string of the molecule is CCCC1CCC2C(F)(CC1)CC(c1cc(F)c(F)c(F)c1)C2(F)F. The van der Waals surface area contributed by atoms with Crippen LogP contribution in [0, 0.1) is 29.3 Å². The molecule has 25 heavy (non-hydrogen) atoms. The highest BCUT2D eigenvalue weighted by Gasteiger charge is 2.65. The predicted molar refractivity (Wildman–Crippen MR) is 82.8 cm³/mol. The van der Waals surface area contributed by atoms with Crippen molar-refractivity contribution in [2.75, 3.05) is 0 Å². The van der Waals surface area contributed by atoms with Crippen molar-refractivity contribution in [1.29, 1.82) is 0 Å². The molecule has 2 saturated carbocycles. The molecular weight excluding hydrogens is 342 g/mol. The summed E-state index contributed by atoms with van der Waals surface area (Å²) in [5.41, 5.74) is -2.41. The largest absolute Gasteiger partial charge is 0.260 e. The Hall–Kier alpha value is -1.20. The summed E-state index contributed by atoms with van der Waals surface area (Å²) in [6.07, 6.45) is 2.55. The highest BCUT2D eigenvalue weighted by Crippen LogP contribution is 2.61. The van der Waals surface area contributed by atoms with E-state index in [4.69, 9.17) is 0 Å². The fourth-order valence-corrected chi connectivity index (χ4v) is 4.74. The molecule has 4 unspecified atom stereocenters. The van der Waals surface area contributed by atoms with Gasteiger partial charge in [0.2, 0.25) is 0 Å². The Bertz CT molecular complexity index is 620. The van der Waals surface area contributed by atoms with Crippen LogP contribution in [0.3, 0.4) is 0 Å². The third kappa shape index (κ3) is 3.17. The van der Waals surface area contributed by atoms with Crippen molar-refractivity contribution in [2.45, 2.75) is 69.4 Å². The van der Waals surface area contributed by atoms with Crippen LogP contribution in [0.5, 0.6) is 0 Å². The van der Waals surface area contributed by atoms with Gasteiger partial charge in [0.05, 0.1) is 11.8 Å². The van der Waals surface area contributed by atoms with Crippen LogP contribution in [-0.2, 0) is 0 Å². The first-order valence-corrected chi connectivity index (χ1v) is 8.90. The lowest BCUT2D eigenvalue weighted by Crippen LogP contribution is -2.36. The summed E-state index contributed by atoms with van der Waals surface area (Å²) in [5, 5.41) is 0. The summed E-state index contributed by atoms with van der Waals surface area (Å²) in [6.45, 7) is 2.01. The number of halogens is 6. The van der Waals surface area contributed by atoms with Crippen LogP contribution in [0.1, 0.15) is 63.4 Å². The highest BCUT2D eigenvalue weighted by molar-refractivity contribution is 5.29. The van der Waals surface area contributed by atoms with Crippen LogP contribution < -0.4 is 0 Å². The molecular formula is C19H22F6. The maximum absolute atomic E-state index is 15.4. The molecule has 2 fully saturated rings. The molecule has 0 spiro atoms. The zero-order valence-electron chi connectivity index (χ0n) is 14.1. The van der Waals surface area contributed by atoms with Gasteiger partial charge in [-0.2, -0.15) is 0 Å². The average Bonchev–Trinajstić information content (AvgIpc) is 2.65. The molecule has 2 aliphatic carbocycles. The number of fused-ring (bicyclic) bond motifs is 1. The summed E-state index contributed by atoms with van der Waals surface area (Å²) in [7, 11) is 0. The fraction of sp³-hybridized carbons (Fsp3) is 0.684. The molecule has 1 aromatic carbocycles. The Morgan fingerprint density at radius 1 is 1.00 bits per heavy atom. The van der Waals surface area contributed by atoms with Gasteiger partial charge < -0.3 is 0 Å². The second-order valence-corrected chi connectivity index (χ2v) is 7.59. The maximum Gasteiger partial charge on any atom is 0.260 e. The molecule has 0 saturated heterocycles. The van der Waals surface area contributed by atoms with Crippen molar-refractivity contribution in [3.05, 3.63) is 35.1 Å². The Balaban J connectivity index is 1.91. The lowest BCUT2D eigenvalue weighted by atomic mass is 9.86. The second-order valence-electron chi connectivity index (χ2n) is 7.59. The van der Waals surface area contributed by atoms with E-state index < -0.39 is 47.3 Å². The smallest absolute Gasteiger partial charge is 0.243 e. The van der Waals surface area contributed by atoms with Crippen molar-refractivity contribution in [2.24, 2.45) is 11.8 Å². The van der Waals surface area contributed by atoms with Gasteiger partial charge in [-0.3, -0.25) is 0 Å².